The Bertz CT molecular complexity index is 713. The number of carbonyl (C=O) groups is 1. The molecule has 2 aromatic rings. The first-order chi connectivity index (χ1) is 10.6. The highest BCUT2D eigenvalue weighted by atomic mass is 35.5. The first kappa shape index (κ1) is 14.7. The number of benzene rings is 2. The summed E-state index contributed by atoms with van der Waals surface area (Å²) >= 11 is 5.95. The van der Waals surface area contributed by atoms with Crippen LogP contribution in [0.25, 0.3) is 0 Å². The summed E-state index contributed by atoms with van der Waals surface area (Å²) < 4.78 is 10.7. The number of rotatable bonds is 3. The topological polar surface area (TPSA) is 38.8 Å². The number of ether oxygens (including phenoxy) is 2. The molecule has 0 saturated carbocycles. The smallest absolute Gasteiger partial charge is 0.166 e. The molecule has 0 aromatic heterocycles. The van der Waals surface area contributed by atoms with E-state index in [0.29, 0.717) is 35.1 Å². The second-order valence-electron chi connectivity index (χ2n) is 5.03. The maximum atomic E-state index is 12.2. The number of anilines is 2. The minimum absolute atomic E-state index is 0.112. The Morgan fingerprint density at radius 3 is 2.32 bits per heavy atom. The average Bonchev–Trinajstić information content (AvgIpc) is 2.55. The van der Waals surface area contributed by atoms with Gasteiger partial charge in [-0.15, -0.1) is 0 Å². The van der Waals surface area contributed by atoms with Gasteiger partial charge in [0.2, 0.25) is 0 Å². The van der Waals surface area contributed by atoms with Crippen LogP contribution in [0.15, 0.2) is 36.4 Å². The van der Waals surface area contributed by atoms with E-state index in [9.17, 15) is 4.79 Å². The zero-order valence-electron chi connectivity index (χ0n) is 12.4. The fourth-order valence-electron chi connectivity index (χ4n) is 2.67. The molecule has 0 bridgehead atoms. The lowest BCUT2D eigenvalue weighted by Crippen LogP contribution is -2.28. The van der Waals surface area contributed by atoms with Crippen LogP contribution in [0.1, 0.15) is 16.8 Å². The van der Waals surface area contributed by atoms with Gasteiger partial charge in [0, 0.05) is 35.3 Å². The van der Waals surface area contributed by atoms with Crippen LogP contribution in [0.2, 0.25) is 5.02 Å². The Hall–Kier alpha value is -2.20. The minimum atomic E-state index is 0.112. The maximum absolute atomic E-state index is 12.2. The van der Waals surface area contributed by atoms with Crippen molar-refractivity contribution in [2.24, 2.45) is 0 Å². The molecule has 1 aliphatic heterocycles. The van der Waals surface area contributed by atoms with Gasteiger partial charge in [-0.3, -0.25) is 4.79 Å². The lowest BCUT2D eigenvalue weighted by molar-refractivity contribution is 0.0981. The van der Waals surface area contributed by atoms with E-state index in [0.717, 1.165) is 11.4 Å². The van der Waals surface area contributed by atoms with Crippen LogP contribution in [0.5, 0.6) is 11.5 Å². The normalized spacial score (nSPS) is 13.8. The molecule has 4 nitrogen and oxygen atoms in total. The second kappa shape index (κ2) is 5.89. The van der Waals surface area contributed by atoms with E-state index in [1.54, 1.807) is 20.3 Å². The lowest BCUT2D eigenvalue weighted by atomic mass is 9.99. The fourth-order valence-corrected chi connectivity index (χ4v) is 2.80. The lowest BCUT2D eigenvalue weighted by Gasteiger charge is -2.31. The Labute approximate surface area is 134 Å². The van der Waals surface area contributed by atoms with Crippen LogP contribution >= 0.6 is 11.6 Å². The Morgan fingerprint density at radius 2 is 1.68 bits per heavy atom. The van der Waals surface area contributed by atoms with Gasteiger partial charge in [-0.1, -0.05) is 11.6 Å². The molecule has 2 aromatic carbocycles. The van der Waals surface area contributed by atoms with Crippen molar-refractivity contribution in [2.45, 2.75) is 6.42 Å². The molecule has 22 heavy (non-hydrogen) atoms. The van der Waals surface area contributed by atoms with Gasteiger partial charge >= 0.3 is 0 Å². The van der Waals surface area contributed by atoms with Crippen LogP contribution in [-0.4, -0.2) is 26.5 Å². The third kappa shape index (κ3) is 2.50. The van der Waals surface area contributed by atoms with Crippen molar-refractivity contribution < 1.29 is 14.3 Å². The zero-order chi connectivity index (χ0) is 15.7. The zero-order valence-corrected chi connectivity index (χ0v) is 13.2. The quantitative estimate of drug-likeness (QED) is 0.855. The number of methoxy groups -OCH3 is 2. The number of halogens is 1. The molecule has 1 aliphatic rings. The van der Waals surface area contributed by atoms with E-state index in [1.165, 1.54) is 0 Å². The van der Waals surface area contributed by atoms with Gasteiger partial charge < -0.3 is 14.4 Å². The van der Waals surface area contributed by atoms with E-state index >= 15 is 0 Å². The average molecular weight is 318 g/mol. The molecule has 5 heteroatoms. The predicted octanol–water partition coefficient (Wildman–Crippen LogP) is 4.08. The van der Waals surface area contributed by atoms with Crippen molar-refractivity contribution in [3.8, 4) is 11.5 Å². The van der Waals surface area contributed by atoms with Crippen molar-refractivity contribution in [1.29, 1.82) is 0 Å². The number of hydrogen-bond donors (Lipinski definition) is 0. The SMILES string of the molecule is COc1cc2c(cc1OC)N(c1ccc(Cl)cc1)CCC2=O. The first-order valence-electron chi connectivity index (χ1n) is 6.96. The Kier molecular flexibility index (Phi) is 3.94. The van der Waals surface area contributed by atoms with Crippen LogP contribution in [0, 0.1) is 0 Å². The largest absolute Gasteiger partial charge is 0.493 e. The first-order valence-corrected chi connectivity index (χ1v) is 7.34. The fraction of sp³-hybridized carbons (Fsp3) is 0.235. The molecule has 0 amide bonds. The predicted molar refractivity (Wildman–Crippen MR) is 87.0 cm³/mol. The molecule has 0 N–H and O–H groups in total. The van der Waals surface area contributed by atoms with Crippen molar-refractivity contribution >= 4 is 28.8 Å². The number of nitrogens with zero attached hydrogens (tertiary/aromatic N) is 1. The molecular formula is C17H16ClNO3. The monoisotopic (exact) mass is 317 g/mol. The molecule has 0 spiro atoms. The Morgan fingerprint density at radius 1 is 1.05 bits per heavy atom. The highest BCUT2D eigenvalue weighted by molar-refractivity contribution is 6.30. The minimum Gasteiger partial charge on any atom is -0.493 e. The maximum Gasteiger partial charge on any atom is 0.166 e. The van der Waals surface area contributed by atoms with Gasteiger partial charge in [0.05, 0.1) is 19.9 Å². The van der Waals surface area contributed by atoms with Crippen molar-refractivity contribution in [1.82, 2.24) is 0 Å². The number of carbonyl (C=O) groups excluding carboxylic acids is 1. The molecule has 1 heterocycles. The van der Waals surface area contributed by atoms with Crippen LogP contribution < -0.4 is 14.4 Å². The summed E-state index contributed by atoms with van der Waals surface area (Å²) in [5.74, 6) is 1.28. The Balaban J connectivity index is 2.12. The van der Waals surface area contributed by atoms with Crippen LogP contribution in [-0.2, 0) is 0 Å². The highest BCUT2D eigenvalue weighted by Gasteiger charge is 2.26. The van der Waals surface area contributed by atoms with Gasteiger partial charge in [-0.2, -0.15) is 0 Å². The van der Waals surface area contributed by atoms with Crippen molar-refractivity contribution in [3.63, 3.8) is 0 Å². The van der Waals surface area contributed by atoms with E-state index in [1.807, 2.05) is 30.3 Å². The van der Waals surface area contributed by atoms with Crippen molar-refractivity contribution in [2.75, 3.05) is 25.7 Å². The van der Waals surface area contributed by atoms with Gasteiger partial charge in [-0.25, -0.2) is 0 Å². The second-order valence-corrected chi connectivity index (χ2v) is 5.46. The summed E-state index contributed by atoms with van der Waals surface area (Å²) in [7, 11) is 3.15. The van der Waals surface area contributed by atoms with E-state index in [-0.39, 0.29) is 5.78 Å². The third-order valence-electron chi connectivity index (χ3n) is 3.79. The molecule has 0 aliphatic carbocycles. The van der Waals surface area contributed by atoms with Crippen LogP contribution in [0.4, 0.5) is 11.4 Å². The molecule has 114 valence electrons. The number of Topliss-reactive ketones (excluding diaryl/α,β-unsaturated/α-hetero) is 1. The van der Waals surface area contributed by atoms with Crippen LogP contribution in [0.3, 0.4) is 0 Å². The van der Waals surface area contributed by atoms with Gasteiger partial charge in [0.15, 0.2) is 17.3 Å². The molecule has 0 atom stereocenters. The summed E-state index contributed by atoms with van der Waals surface area (Å²) in [4.78, 5) is 14.3. The molecule has 0 radical (unpaired) electrons. The van der Waals surface area contributed by atoms with E-state index in [4.69, 9.17) is 21.1 Å². The summed E-state index contributed by atoms with van der Waals surface area (Å²) in [6.07, 6.45) is 0.463. The number of hydrogen-bond acceptors (Lipinski definition) is 4. The summed E-state index contributed by atoms with van der Waals surface area (Å²) in [5.41, 5.74) is 2.47. The van der Waals surface area contributed by atoms with E-state index < -0.39 is 0 Å². The molecule has 0 fully saturated rings. The summed E-state index contributed by atoms with van der Waals surface area (Å²) in [6, 6.07) is 11.2. The van der Waals surface area contributed by atoms with E-state index in [2.05, 4.69) is 4.90 Å². The standard InChI is InChI=1S/C17H16ClNO3/c1-21-16-9-13-14(10-17(16)22-2)19(8-7-15(13)20)12-5-3-11(18)4-6-12/h3-6,9-10H,7-8H2,1-2H3. The third-order valence-corrected chi connectivity index (χ3v) is 4.05. The summed E-state index contributed by atoms with van der Waals surface area (Å²) in [5, 5.41) is 0.685. The highest BCUT2D eigenvalue weighted by Crippen LogP contribution is 2.40. The van der Waals surface area contributed by atoms with Gasteiger partial charge in [-0.05, 0) is 30.3 Å². The summed E-state index contributed by atoms with van der Waals surface area (Å²) in [6.45, 7) is 0.628. The number of fused-ring (bicyclic) bond motifs is 1. The van der Waals surface area contributed by atoms with Gasteiger partial charge in [0.25, 0.3) is 0 Å². The van der Waals surface area contributed by atoms with Crippen molar-refractivity contribution in [3.05, 3.63) is 47.0 Å². The van der Waals surface area contributed by atoms with Gasteiger partial charge in [0.1, 0.15) is 0 Å². The molecule has 0 unspecified atom stereocenters. The molecule has 3 rings (SSSR count). The molecular weight excluding hydrogens is 302 g/mol. The number of ketones is 1. The molecule has 0 saturated heterocycles.